The zero-order valence-corrected chi connectivity index (χ0v) is 27.6. The third kappa shape index (κ3) is 7.74. The Balaban J connectivity index is 1.88. The lowest BCUT2D eigenvalue weighted by molar-refractivity contribution is -0.155. The molecule has 4 rings (SSSR count). The molecule has 1 amide bonds. The number of nitrogens with one attached hydrogen (secondary N) is 1. The van der Waals surface area contributed by atoms with Crippen LogP contribution in [0.25, 0.3) is 0 Å². The number of nitrogens with zero attached hydrogens (tertiary/aromatic N) is 2. The second-order valence-corrected chi connectivity index (χ2v) is 12.5. The summed E-state index contributed by atoms with van der Waals surface area (Å²) >= 11 is 0. The Morgan fingerprint density at radius 1 is 0.891 bits per heavy atom. The SMILES string of the molecule is CCOP(=O)(CN(C(=O)Cn1cc(C)c(=O)[nH]c1=O)C(C)OC(c1ccccc1)(c1ccccc1)c1ccc(OC)cc1)OCC. The van der Waals surface area contributed by atoms with E-state index in [9.17, 15) is 18.9 Å². The number of aromatic amines is 1. The van der Waals surface area contributed by atoms with Crippen molar-refractivity contribution < 1.29 is 27.9 Å². The molecule has 3 aromatic carbocycles. The number of methoxy groups -OCH3 is 1. The first-order chi connectivity index (χ1) is 22.1. The van der Waals surface area contributed by atoms with Crippen LogP contribution < -0.4 is 16.0 Å². The topological polar surface area (TPSA) is 129 Å². The van der Waals surface area contributed by atoms with Gasteiger partial charge in [-0.05, 0) is 56.5 Å². The Bertz CT molecular complexity index is 1710. The van der Waals surface area contributed by atoms with Crippen LogP contribution in [-0.2, 0) is 35.3 Å². The van der Waals surface area contributed by atoms with Gasteiger partial charge in [0.1, 0.15) is 30.4 Å². The number of hydrogen-bond donors (Lipinski definition) is 1. The zero-order valence-electron chi connectivity index (χ0n) is 26.7. The van der Waals surface area contributed by atoms with Gasteiger partial charge in [0.15, 0.2) is 0 Å². The van der Waals surface area contributed by atoms with Crippen LogP contribution in [0.3, 0.4) is 0 Å². The van der Waals surface area contributed by atoms with E-state index in [1.54, 1.807) is 27.9 Å². The summed E-state index contributed by atoms with van der Waals surface area (Å²) in [7, 11) is -2.26. The number of hydrogen-bond acceptors (Lipinski definition) is 8. The largest absolute Gasteiger partial charge is 0.497 e. The number of aryl methyl sites for hydroxylation is 1. The maximum absolute atomic E-state index is 14.1. The molecule has 4 aromatic rings. The number of H-pyrrole nitrogens is 1. The average Bonchev–Trinajstić information content (AvgIpc) is 3.06. The third-order valence-electron chi connectivity index (χ3n) is 7.44. The Kier molecular flexibility index (Phi) is 11.5. The maximum atomic E-state index is 14.1. The molecule has 0 aliphatic carbocycles. The van der Waals surface area contributed by atoms with Crippen LogP contribution in [0.1, 0.15) is 43.0 Å². The van der Waals surface area contributed by atoms with Gasteiger partial charge in [-0.25, -0.2) is 4.79 Å². The molecule has 0 aliphatic rings. The molecule has 0 spiro atoms. The lowest BCUT2D eigenvalue weighted by Crippen LogP contribution is -2.48. The summed E-state index contributed by atoms with van der Waals surface area (Å²) in [4.78, 5) is 42.2. The van der Waals surface area contributed by atoms with E-state index in [4.69, 9.17) is 18.5 Å². The summed E-state index contributed by atoms with van der Waals surface area (Å²) in [5.41, 5.74) is -0.0172. The molecule has 1 heterocycles. The smallest absolute Gasteiger partial charge is 0.349 e. The maximum Gasteiger partial charge on any atom is 0.349 e. The van der Waals surface area contributed by atoms with Crippen molar-refractivity contribution in [2.24, 2.45) is 0 Å². The predicted octanol–water partition coefficient (Wildman–Crippen LogP) is 5.26. The fourth-order valence-electron chi connectivity index (χ4n) is 5.26. The van der Waals surface area contributed by atoms with Crippen molar-refractivity contribution in [1.82, 2.24) is 14.5 Å². The van der Waals surface area contributed by atoms with E-state index in [0.717, 1.165) is 21.3 Å². The van der Waals surface area contributed by atoms with Gasteiger partial charge >= 0.3 is 13.3 Å². The van der Waals surface area contributed by atoms with Gasteiger partial charge in [-0.1, -0.05) is 72.8 Å². The summed E-state index contributed by atoms with van der Waals surface area (Å²) in [6.45, 7) is 6.26. The van der Waals surface area contributed by atoms with E-state index in [1.807, 2.05) is 84.9 Å². The molecular weight excluding hydrogens is 609 g/mol. The van der Waals surface area contributed by atoms with E-state index in [2.05, 4.69) is 4.98 Å². The minimum Gasteiger partial charge on any atom is -0.497 e. The first kappa shape index (κ1) is 34.6. The van der Waals surface area contributed by atoms with Crippen molar-refractivity contribution in [3.8, 4) is 5.75 Å². The highest BCUT2D eigenvalue weighted by Gasteiger charge is 2.42. The summed E-state index contributed by atoms with van der Waals surface area (Å²) in [5, 5.41) is 0. The Labute approximate surface area is 268 Å². The van der Waals surface area contributed by atoms with Crippen molar-refractivity contribution in [3.63, 3.8) is 0 Å². The summed E-state index contributed by atoms with van der Waals surface area (Å²) < 4.78 is 38.6. The highest BCUT2D eigenvalue weighted by molar-refractivity contribution is 7.53. The molecule has 1 atom stereocenters. The van der Waals surface area contributed by atoms with Gasteiger partial charge in [-0.3, -0.25) is 23.7 Å². The highest BCUT2D eigenvalue weighted by atomic mass is 31.2. The highest BCUT2D eigenvalue weighted by Crippen LogP contribution is 2.50. The average molecular weight is 650 g/mol. The van der Waals surface area contributed by atoms with Gasteiger partial charge in [0.2, 0.25) is 5.91 Å². The van der Waals surface area contributed by atoms with Crippen molar-refractivity contribution in [2.75, 3.05) is 26.6 Å². The van der Waals surface area contributed by atoms with E-state index < -0.39 is 49.4 Å². The molecule has 0 aliphatic heterocycles. The van der Waals surface area contributed by atoms with Crippen LogP contribution >= 0.6 is 7.60 Å². The number of aromatic nitrogens is 2. The van der Waals surface area contributed by atoms with Crippen LogP contribution in [0.5, 0.6) is 5.75 Å². The van der Waals surface area contributed by atoms with Crippen LogP contribution in [0.15, 0.2) is 101 Å². The molecule has 0 saturated heterocycles. The van der Waals surface area contributed by atoms with Gasteiger partial charge < -0.3 is 23.4 Å². The Morgan fingerprint density at radius 2 is 1.41 bits per heavy atom. The molecule has 0 bridgehead atoms. The summed E-state index contributed by atoms with van der Waals surface area (Å²) in [5.74, 6) is 0.0464. The summed E-state index contributed by atoms with van der Waals surface area (Å²) in [6.07, 6.45) is -0.194. The molecule has 244 valence electrons. The molecule has 1 aromatic heterocycles. The van der Waals surface area contributed by atoms with Gasteiger partial charge in [-0.15, -0.1) is 0 Å². The van der Waals surface area contributed by atoms with Crippen molar-refractivity contribution >= 4 is 13.5 Å². The summed E-state index contributed by atoms with van der Waals surface area (Å²) in [6, 6.07) is 26.6. The lowest BCUT2D eigenvalue weighted by atomic mass is 9.80. The lowest BCUT2D eigenvalue weighted by Gasteiger charge is -2.41. The van der Waals surface area contributed by atoms with Crippen LogP contribution in [0.2, 0.25) is 0 Å². The standard InChI is InChI=1S/C34H40N3O8P/c1-6-43-46(41,44-7-2)24-37(31(38)23-36-22-25(3)32(39)35-33(36)40)26(4)45-34(27-14-10-8-11-15-27,28-16-12-9-13-17-28)29-18-20-30(42-5)21-19-29/h8-22,26H,6-7,23-24H2,1-5H3,(H,35,39,40). The van der Waals surface area contributed by atoms with Gasteiger partial charge in [-0.2, -0.15) is 0 Å². The van der Waals surface area contributed by atoms with Crippen molar-refractivity contribution in [2.45, 2.75) is 46.1 Å². The molecular formula is C34H40N3O8P. The quantitative estimate of drug-likeness (QED) is 0.105. The molecule has 0 fully saturated rings. The minimum absolute atomic E-state index is 0.0803. The normalized spacial score (nSPS) is 12.5. The van der Waals surface area contributed by atoms with Gasteiger partial charge in [0.05, 0.1) is 20.3 Å². The van der Waals surface area contributed by atoms with E-state index >= 15 is 0 Å². The number of carbonyl (C=O) groups excluding carboxylic acids is 1. The third-order valence-corrected chi connectivity index (χ3v) is 9.39. The van der Waals surface area contributed by atoms with Crippen LogP contribution in [0.4, 0.5) is 0 Å². The van der Waals surface area contributed by atoms with Gasteiger partial charge in [0, 0.05) is 11.8 Å². The van der Waals surface area contributed by atoms with Gasteiger partial charge in [0.25, 0.3) is 5.56 Å². The first-order valence-electron chi connectivity index (χ1n) is 15.0. The first-order valence-corrected chi connectivity index (χ1v) is 16.7. The van der Waals surface area contributed by atoms with Crippen molar-refractivity contribution in [3.05, 3.63) is 134 Å². The number of benzene rings is 3. The van der Waals surface area contributed by atoms with E-state index in [0.29, 0.717) is 5.75 Å². The molecule has 11 nitrogen and oxygen atoms in total. The number of amides is 1. The zero-order chi connectivity index (χ0) is 33.3. The second-order valence-electron chi connectivity index (χ2n) is 10.5. The fourth-order valence-corrected chi connectivity index (χ4v) is 7.05. The second kappa shape index (κ2) is 15.3. The number of carbonyl (C=O) groups is 1. The molecule has 1 N–H and O–H groups in total. The molecule has 0 radical (unpaired) electrons. The minimum atomic E-state index is -3.85. The van der Waals surface area contributed by atoms with Crippen molar-refractivity contribution in [1.29, 1.82) is 0 Å². The van der Waals surface area contributed by atoms with E-state index in [1.165, 1.54) is 18.0 Å². The Morgan fingerprint density at radius 3 is 1.91 bits per heavy atom. The predicted molar refractivity (Wildman–Crippen MR) is 175 cm³/mol. The van der Waals surface area contributed by atoms with E-state index in [-0.39, 0.29) is 18.8 Å². The van der Waals surface area contributed by atoms with Crippen LogP contribution in [0, 0.1) is 6.92 Å². The molecule has 1 unspecified atom stereocenters. The Hall–Kier alpha value is -4.28. The number of ether oxygens (including phenoxy) is 2. The monoisotopic (exact) mass is 649 g/mol. The molecule has 0 saturated carbocycles. The molecule has 46 heavy (non-hydrogen) atoms. The number of rotatable bonds is 15. The van der Waals surface area contributed by atoms with Crippen LogP contribution in [-0.4, -0.2) is 53.2 Å². The fraction of sp³-hybridized carbons (Fsp3) is 0.324. The molecule has 12 heteroatoms.